The number of amides is 1. The number of alkyl halides is 3. The van der Waals surface area contributed by atoms with E-state index in [0.29, 0.717) is 5.56 Å². The number of nitrogens with one attached hydrogen (secondary N) is 2. The quantitative estimate of drug-likeness (QED) is 0.753. The normalized spacial score (nSPS) is 13.7. The monoisotopic (exact) mass is 353 g/mol. The molecule has 0 radical (unpaired) electrons. The van der Waals surface area contributed by atoms with Gasteiger partial charge >= 0.3 is 6.18 Å². The van der Waals surface area contributed by atoms with Crippen molar-refractivity contribution in [1.29, 1.82) is 0 Å². The molecule has 1 atom stereocenters. The van der Waals surface area contributed by atoms with Crippen LogP contribution in [0.4, 0.5) is 19.0 Å². The Labute approximate surface area is 137 Å². The number of rotatable bonds is 5. The van der Waals surface area contributed by atoms with Gasteiger partial charge in [-0.1, -0.05) is 32.4 Å². The molecule has 0 unspecified atom stereocenters. The maximum atomic E-state index is 12.3. The first-order valence-electron chi connectivity index (χ1n) is 6.78. The van der Waals surface area contributed by atoms with Gasteiger partial charge in [-0.25, -0.2) is 0 Å². The molecule has 0 aromatic carbocycles. The minimum Gasteiger partial charge on any atom is -0.319 e. The van der Waals surface area contributed by atoms with Gasteiger partial charge in [0.2, 0.25) is 5.91 Å². The second-order valence-corrected chi connectivity index (χ2v) is 6.39. The average Bonchev–Trinajstić information content (AvgIpc) is 2.39. The molecule has 1 rings (SSSR count). The molecule has 1 heterocycles. The summed E-state index contributed by atoms with van der Waals surface area (Å²) in [7, 11) is 0. The molecule has 6 nitrogen and oxygen atoms in total. The van der Waals surface area contributed by atoms with Crippen LogP contribution >= 0.6 is 11.6 Å². The van der Waals surface area contributed by atoms with Crippen LogP contribution in [-0.4, -0.2) is 34.9 Å². The molecule has 10 heteroatoms. The van der Waals surface area contributed by atoms with E-state index in [1.54, 1.807) is 20.8 Å². The topological polar surface area (TPSA) is 92.9 Å². The summed E-state index contributed by atoms with van der Waals surface area (Å²) in [4.78, 5) is 11.9. The molecule has 0 bridgehead atoms. The standard InChI is InChI=1S/C13H19ClF3N5O/c1-12(2,3)11(23)20-9-4-7(10(14)22-21-9)5-19-6-8(18)13(15,16)17/h4,8,19H,5-6,18H2,1-3H3,(H,20,21,23)/t8-/m0/s1. The van der Waals surface area contributed by atoms with E-state index in [1.165, 1.54) is 6.07 Å². The summed E-state index contributed by atoms with van der Waals surface area (Å²) >= 11 is 5.85. The molecule has 130 valence electrons. The average molecular weight is 354 g/mol. The molecule has 1 amide bonds. The van der Waals surface area contributed by atoms with E-state index in [2.05, 4.69) is 20.8 Å². The van der Waals surface area contributed by atoms with E-state index in [4.69, 9.17) is 17.3 Å². The highest BCUT2D eigenvalue weighted by Crippen LogP contribution is 2.20. The Bertz CT molecular complexity index is 560. The molecule has 0 saturated heterocycles. The van der Waals surface area contributed by atoms with Crippen molar-refractivity contribution >= 4 is 23.3 Å². The molecular formula is C13H19ClF3N5O. The van der Waals surface area contributed by atoms with Crippen molar-refractivity contribution in [2.75, 3.05) is 11.9 Å². The number of halogens is 4. The zero-order chi connectivity index (χ0) is 17.8. The summed E-state index contributed by atoms with van der Waals surface area (Å²) < 4.78 is 36.9. The van der Waals surface area contributed by atoms with E-state index < -0.39 is 24.2 Å². The van der Waals surface area contributed by atoms with Crippen molar-refractivity contribution in [2.24, 2.45) is 11.1 Å². The van der Waals surface area contributed by atoms with E-state index in [0.717, 1.165) is 0 Å². The Morgan fingerprint density at radius 3 is 2.48 bits per heavy atom. The third-order valence-electron chi connectivity index (χ3n) is 2.84. The van der Waals surface area contributed by atoms with Crippen LogP contribution in [0.15, 0.2) is 6.07 Å². The van der Waals surface area contributed by atoms with Crippen LogP contribution in [-0.2, 0) is 11.3 Å². The smallest absolute Gasteiger partial charge is 0.319 e. The Balaban J connectivity index is 2.69. The number of carbonyl (C=O) groups excluding carboxylic acids is 1. The van der Waals surface area contributed by atoms with Gasteiger partial charge in [0, 0.05) is 24.1 Å². The number of carbonyl (C=O) groups is 1. The molecule has 0 saturated carbocycles. The molecule has 1 aromatic rings. The number of aromatic nitrogens is 2. The molecule has 4 N–H and O–H groups in total. The summed E-state index contributed by atoms with van der Waals surface area (Å²) in [5, 5.41) is 12.5. The number of nitrogens with zero attached hydrogens (tertiary/aromatic N) is 2. The van der Waals surface area contributed by atoms with Crippen LogP contribution in [0.1, 0.15) is 26.3 Å². The fourth-order valence-electron chi connectivity index (χ4n) is 1.38. The largest absolute Gasteiger partial charge is 0.404 e. The second-order valence-electron chi connectivity index (χ2n) is 6.03. The van der Waals surface area contributed by atoms with Gasteiger partial charge in [0.25, 0.3) is 0 Å². The first-order chi connectivity index (χ1) is 10.4. The lowest BCUT2D eigenvalue weighted by Gasteiger charge is -2.18. The summed E-state index contributed by atoms with van der Waals surface area (Å²) in [5.74, 6) is -0.0987. The van der Waals surface area contributed by atoms with Crippen molar-refractivity contribution in [1.82, 2.24) is 15.5 Å². The fraction of sp³-hybridized carbons (Fsp3) is 0.615. The third kappa shape index (κ3) is 6.28. The minimum atomic E-state index is -4.47. The van der Waals surface area contributed by atoms with Gasteiger partial charge in [0.15, 0.2) is 11.0 Å². The second kappa shape index (κ2) is 7.41. The van der Waals surface area contributed by atoms with Crippen molar-refractivity contribution in [3.8, 4) is 0 Å². The Morgan fingerprint density at radius 2 is 1.96 bits per heavy atom. The van der Waals surface area contributed by atoms with Gasteiger partial charge in [-0.2, -0.15) is 13.2 Å². The lowest BCUT2D eigenvalue weighted by Crippen LogP contribution is -2.45. The zero-order valence-electron chi connectivity index (χ0n) is 13.0. The highest BCUT2D eigenvalue weighted by Gasteiger charge is 2.36. The first kappa shape index (κ1) is 19.6. The Kier molecular flexibility index (Phi) is 6.32. The van der Waals surface area contributed by atoms with Gasteiger partial charge in [0.05, 0.1) is 0 Å². The van der Waals surface area contributed by atoms with Gasteiger partial charge in [0.1, 0.15) is 6.04 Å². The SMILES string of the molecule is CC(C)(C)C(=O)Nc1cc(CNC[C@H](N)C(F)(F)F)c(Cl)nn1. The molecule has 0 aliphatic heterocycles. The summed E-state index contributed by atoms with van der Waals surface area (Å²) in [6.45, 7) is 4.73. The Hall–Kier alpha value is -1.45. The van der Waals surface area contributed by atoms with Crippen LogP contribution < -0.4 is 16.4 Å². The Morgan fingerprint density at radius 1 is 1.35 bits per heavy atom. The molecule has 0 aliphatic rings. The van der Waals surface area contributed by atoms with Gasteiger partial charge in [-0.05, 0) is 6.07 Å². The van der Waals surface area contributed by atoms with Crippen molar-refractivity contribution < 1.29 is 18.0 Å². The lowest BCUT2D eigenvalue weighted by molar-refractivity contribution is -0.146. The van der Waals surface area contributed by atoms with E-state index in [1.807, 2.05) is 0 Å². The van der Waals surface area contributed by atoms with Crippen LogP contribution in [0, 0.1) is 5.41 Å². The number of anilines is 1. The van der Waals surface area contributed by atoms with Gasteiger partial charge in [-0.15, -0.1) is 10.2 Å². The van der Waals surface area contributed by atoms with Gasteiger partial charge in [-0.3, -0.25) is 4.79 Å². The highest BCUT2D eigenvalue weighted by atomic mass is 35.5. The molecule has 1 aromatic heterocycles. The van der Waals surface area contributed by atoms with Crippen molar-refractivity contribution in [3.63, 3.8) is 0 Å². The van der Waals surface area contributed by atoms with Crippen LogP contribution in [0.2, 0.25) is 5.15 Å². The zero-order valence-corrected chi connectivity index (χ0v) is 13.7. The lowest BCUT2D eigenvalue weighted by atomic mass is 9.96. The summed E-state index contributed by atoms with van der Waals surface area (Å²) in [5.41, 5.74) is 4.77. The van der Waals surface area contributed by atoms with Crippen LogP contribution in [0.5, 0.6) is 0 Å². The fourth-order valence-corrected chi connectivity index (χ4v) is 1.54. The predicted molar refractivity (Wildman–Crippen MR) is 80.9 cm³/mol. The van der Waals surface area contributed by atoms with Gasteiger partial charge < -0.3 is 16.4 Å². The molecule has 0 aliphatic carbocycles. The number of nitrogens with two attached hydrogens (primary N) is 1. The first-order valence-corrected chi connectivity index (χ1v) is 7.15. The van der Waals surface area contributed by atoms with Crippen LogP contribution in [0.3, 0.4) is 0 Å². The number of hydrogen-bond donors (Lipinski definition) is 3. The van der Waals surface area contributed by atoms with E-state index in [9.17, 15) is 18.0 Å². The maximum absolute atomic E-state index is 12.3. The molecule has 0 fully saturated rings. The summed E-state index contributed by atoms with van der Waals surface area (Å²) in [6.07, 6.45) is -4.47. The molecule has 0 spiro atoms. The highest BCUT2D eigenvalue weighted by molar-refractivity contribution is 6.30. The van der Waals surface area contributed by atoms with E-state index in [-0.39, 0.29) is 23.4 Å². The maximum Gasteiger partial charge on any atom is 0.404 e. The summed E-state index contributed by atoms with van der Waals surface area (Å²) in [6, 6.07) is -0.526. The number of hydrogen-bond acceptors (Lipinski definition) is 5. The predicted octanol–water partition coefficient (Wildman–Crippen LogP) is 2.09. The van der Waals surface area contributed by atoms with Crippen LogP contribution in [0.25, 0.3) is 0 Å². The molecule has 23 heavy (non-hydrogen) atoms. The van der Waals surface area contributed by atoms with E-state index >= 15 is 0 Å². The van der Waals surface area contributed by atoms with Crippen molar-refractivity contribution in [2.45, 2.75) is 39.5 Å². The van der Waals surface area contributed by atoms with Crippen molar-refractivity contribution in [3.05, 3.63) is 16.8 Å². The molecular weight excluding hydrogens is 335 g/mol. The minimum absolute atomic E-state index is 0.0104. The third-order valence-corrected chi connectivity index (χ3v) is 3.16.